The average molecular weight is 300 g/mol. The fourth-order valence-electron chi connectivity index (χ4n) is 2.16. The summed E-state index contributed by atoms with van der Waals surface area (Å²) in [6, 6.07) is 9.14. The van der Waals surface area contributed by atoms with E-state index in [9.17, 15) is 5.11 Å². The third kappa shape index (κ3) is 2.85. The van der Waals surface area contributed by atoms with Gasteiger partial charge in [0.05, 0.1) is 17.8 Å². The van der Waals surface area contributed by atoms with Crippen molar-refractivity contribution in [2.24, 2.45) is 0 Å². The van der Waals surface area contributed by atoms with Crippen molar-refractivity contribution in [3.8, 4) is 17.0 Å². The van der Waals surface area contributed by atoms with E-state index in [-0.39, 0.29) is 13.2 Å². The first-order valence-corrected chi connectivity index (χ1v) is 6.79. The van der Waals surface area contributed by atoms with E-state index in [2.05, 4.69) is 15.2 Å². The number of aromatic nitrogens is 3. The minimum absolute atomic E-state index is 0.0165. The minimum atomic E-state index is -0.936. The predicted molar refractivity (Wildman–Crippen MR) is 82.3 cm³/mol. The van der Waals surface area contributed by atoms with Gasteiger partial charge in [-0.25, -0.2) is 4.98 Å². The van der Waals surface area contributed by atoms with Gasteiger partial charge in [0.15, 0.2) is 0 Å². The fourth-order valence-corrected chi connectivity index (χ4v) is 2.16. The maximum atomic E-state index is 9.40. The van der Waals surface area contributed by atoms with Crippen molar-refractivity contribution in [1.29, 1.82) is 0 Å². The highest BCUT2D eigenvalue weighted by Crippen LogP contribution is 2.30. The lowest BCUT2D eigenvalue weighted by Crippen LogP contribution is -2.21. The number of pyridine rings is 1. The molecule has 22 heavy (non-hydrogen) atoms. The third-order valence-electron chi connectivity index (χ3n) is 3.25. The smallest absolute Gasteiger partial charge is 0.132 e. The number of ether oxygens (including phenoxy) is 1. The van der Waals surface area contributed by atoms with Gasteiger partial charge in [-0.05, 0) is 18.2 Å². The Bertz CT molecular complexity index is 774. The molecule has 2 heterocycles. The summed E-state index contributed by atoms with van der Waals surface area (Å²) in [5, 5.41) is 25.8. The Hall–Kier alpha value is -2.64. The summed E-state index contributed by atoms with van der Waals surface area (Å²) >= 11 is 0. The molecule has 0 amide bonds. The van der Waals surface area contributed by atoms with E-state index in [4.69, 9.17) is 15.6 Å². The number of fused-ring (bicyclic) bond motifs is 1. The fraction of sp³-hybridized carbons (Fsp3) is 0.200. The van der Waals surface area contributed by atoms with Crippen LogP contribution in [0.4, 0.5) is 5.82 Å². The molecule has 0 radical (unpaired) electrons. The van der Waals surface area contributed by atoms with Crippen LogP contribution in [0, 0.1) is 0 Å². The van der Waals surface area contributed by atoms with Gasteiger partial charge in [-0.3, -0.25) is 5.10 Å². The van der Waals surface area contributed by atoms with Crippen LogP contribution in [0.2, 0.25) is 0 Å². The summed E-state index contributed by atoms with van der Waals surface area (Å²) in [5.41, 5.74) is 8.30. The van der Waals surface area contributed by atoms with Gasteiger partial charge in [0.2, 0.25) is 0 Å². The molecule has 0 saturated carbocycles. The van der Waals surface area contributed by atoms with Gasteiger partial charge >= 0.3 is 0 Å². The zero-order chi connectivity index (χ0) is 15.5. The lowest BCUT2D eigenvalue weighted by Gasteiger charge is -2.13. The van der Waals surface area contributed by atoms with Crippen molar-refractivity contribution >= 4 is 16.7 Å². The normalized spacial score (nSPS) is 12.5. The SMILES string of the molecule is Nc1cc(OC[C@H](O)CO)c2ccc(-c3ccn[nH]3)cc2n1. The Morgan fingerprint density at radius 2 is 2.14 bits per heavy atom. The first-order valence-electron chi connectivity index (χ1n) is 6.79. The number of benzene rings is 1. The number of nitrogens with zero attached hydrogens (tertiary/aromatic N) is 2. The van der Waals surface area contributed by atoms with E-state index in [1.807, 2.05) is 24.3 Å². The van der Waals surface area contributed by atoms with E-state index in [1.165, 1.54) is 0 Å². The molecule has 0 aliphatic heterocycles. The van der Waals surface area contributed by atoms with Crippen LogP contribution in [0.3, 0.4) is 0 Å². The number of nitrogen functional groups attached to an aromatic ring is 1. The van der Waals surface area contributed by atoms with Crippen LogP contribution in [-0.2, 0) is 0 Å². The Balaban J connectivity index is 1.99. The van der Waals surface area contributed by atoms with Gasteiger partial charge in [0, 0.05) is 23.2 Å². The molecule has 0 fully saturated rings. The largest absolute Gasteiger partial charge is 0.490 e. The molecule has 0 saturated heterocycles. The van der Waals surface area contributed by atoms with E-state index < -0.39 is 6.10 Å². The zero-order valence-corrected chi connectivity index (χ0v) is 11.7. The molecule has 114 valence electrons. The average Bonchev–Trinajstić information content (AvgIpc) is 3.05. The van der Waals surface area contributed by atoms with Crippen molar-refractivity contribution in [2.75, 3.05) is 18.9 Å². The summed E-state index contributed by atoms with van der Waals surface area (Å²) in [6.45, 7) is -0.375. The summed E-state index contributed by atoms with van der Waals surface area (Å²) < 4.78 is 5.53. The van der Waals surface area contributed by atoms with E-state index in [0.29, 0.717) is 17.1 Å². The number of aromatic amines is 1. The minimum Gasteiger partial charge on any atom is -0.490 e. The first kappa shape index (κ1) is 14.3. The van der Waals surface area contributed by atoms with Gasteiger partial charge in [0.1, 0.15) is 24.3 Å². The van der Waals surface area contributed by atoms with Gasteiger partial charge in [-0.1, -0.05) is 6.07 Å². The van der Waals surface area contributed by atoms with Crippen molar-refractivity contribution < 1.29 is 14.9 Å². The standard InChI is InChI=1S/C15H16N4O3/c16-15-6-14(22-8-10(21)7-20)11-2-1-9(5-13(11)18-15)12-3-4-17-19-12/h1-6,10,20-21H,7-8H2,(H2,16,18)(H,17,19)/t10-/m1/s1. The topological polar surface area (TPSA) is 117 Å². The monoisotopic (exact) mass is 300 g/mol. The molecular formula is C15H16N4O3. The second-order valence-electron chi connectivity index (χ2n) is 4.89. The molecule has 2 aromatic heterocycles. The second-order valence-corrected chi connectivity index (χ2v) is 4.89. The Kier molecular flexibility index (Phi) is 3.90. The molecule has 0 aliphatic rings. The van der Waals surface area contributed by atoms with Crippen LogP contribution >= 0.6 is 0 Å². The number of hydrogen-bond donors (Lipinski definition) is 4. The van der Waals surface area contributed by atoms with Crippen LogP contribution in [0.1, 0.15) is 0 Å². The van der Waals surface area contributed by atoms with Crippen molar-refractivity contribution in [1.82, 2.24) is 15.2 Å². The number of nitrogens with two attached hydrogens (primary N) is 1. The van der Waals surface area contributed by atoms with Crippen molar-refractivity contribution in [2.45, 2.75) is 6.10 Å². The molecule has 3 aromatic rings. The summed E-state index contributed by atoms with van der Waals surface area (Å²) in [6.07, 6.45) is 0.741. The maximum absolute atomic E-state index is 9.40. The van der Waals surface area contributed by atoms with Crippen LogP contribution in [0.5, 0.6) is 5.75 Å². The van der Waals surface area contributed by atoms with Crippen molar-refractivity contribution in [3.05, 3.63) is 36.5 Å². The number of aliphatic hydroxyl groups excluding tert-OH is 2. The van der Waals surface area contributed by atoms with Crippen LogP contribution in [0.15, 0.2) is 36.5 Å². The Morgan fingerprint density at radius 3 is 2.86 bits per heavy atom. The lowest BCUT2D eigenvalue weighted by molar-refractivity contribution is 0.0541. The molecule has 0 aliphatic carbocycles. The number of nitrogens with one attached hydrogen (secondary N) is 1. The molecule has 1 aromatic carbocycles. The first-order chi connectivity index (χ1) is 10.7. The number of H-pyrrole nitrogens is 1. The zero-order valence-electron chi connectivity index (χ0n) is 11.7. The van der Waals surface area contributed by atoms with E-state index in [0.717, 1.165) is 16.6 Å². The van der Waals surface area contributed by atoms with Crippen LogP contribution in [-0.4, -0.2) is 44.7 Å². The number of hydrogen-bond acceptors (Lipinski definition) is 6. The maximum Gasteiger partial charge on any atom is 0.132 e. The van der Waals surface area contributed by atoms with Crippen molar-refractivity contribution in [3.63, 3.8) is 0 Å². The Labute approximate surface area is 126 Å². The highest BCUT2D eigenvalue weighted by atomic mass is 16.5. The van der Waals surface area contributed by atoms with Gasteiger partial charge < -0.3 is 20.7 Å². The molecule has 0 spiro atoms. The predicted octanol–water partition coefficient (Wildman–Crippen LogP) is 0.939. The molecule has 7 nitrogen and oxygen atoms in total. The van der Waals surface area contributed by atoms with E-state index >= 15 is 0 Å². The summed E-state index contributed by atoms with van der Waals surface area (Å²) in [5.74, 6) is 0.842. The summed E-state index contributed by atoms with van der Waals surface area (Å²) in [7, 11) is 0. The van der Waals surface area contributed by atoms with Crippen LogP contribution in [0.25, 0.3) is 22.2 Å². The third-order valence-corrected chi connectivity index (χ3v) is 3.25. The van der Waals surface area contributed by atoms with Crippen LogP contribution < -0.4 is 10.5 Å². The quantitative estimate of drug-likeness (QED) is 0.557. The number of rotatable bonds is 5. The second kappa shape index (κ2) is 6.00. The molecule has 0 unspecified atom stereocenters. The Morgan fingerprint density at radius 1 is 1.27 bits per heavy atom. The van der Waals surface area contributed by atoms with Gasteiger partial charge in [-0.15, -0.1) is 0 Å². The molecule has 5 N–H and O–H groups in total. The van der Waals surface area contributed by atoms with Gasteiger partial charge in [-0.2, -0.15) is 5.10 Å². The number of aliphatic hydroxyl groups is 2. The highest BCUT2D eigenvalue weighted by molar-refractivity contribution is 5.89. The van der Waals surface area contributed by atoms with Gasteiger partial charge in [0.25, 0.3) is 0 Å². The number of anilines is 1. The molecular weight excluding hydrogens is 284 g/mol. The summed E-state index contributed by atoms with van der Waals surface area (Å²) in [4.78, 5) is 4.31. The molecule has 7 heteroatoms. The van der Waals surface area contributed by atoms with E-state index in [1.54, 1.807) is 12.3 Å². The molecule has 1 atom stereocenters. The molecule has 3 rings (SSSR count). The molecule has 0 bridgehead atoms. The highest BCUT2D eigenvalue weighted by Gasteiger charge is 2.10. The lowest BCUT2D eigenvalue weighted by atomic mass is 10.1.